The van der Waals surface area contributed by atoms with Crippen molar-refractivity contribution in [2.75, 3.05) is 0 Å². The molecule has 1 N–H and O–H groups in total. The van der Waals surface area contributed by atoms with Crippen molar-refractivity contribution in [3.05, 3.63) is 84.4 Å². The molecule has 0 amide bonds. The molecular weight excluding hydrogens is 282 g/mol. The van der Waals surface area contributed by atoms with Gasteiger partial charge in [0.1, 0.15) is 5.75 Å². The molecule has 0 fully saturated rings. The van der Waals surface area contributed by atoms with Crippen LogP contribution in [0.15, 0.2) is 83.9 Å². The summed E-state index contributed by atoms with van der Waals surface area (Å²) in [6, 6.07) is 25.9. The summed E-state index contributed by atoms with van der Waals surface area (Å²) in [7, 11) is 0. The third-order valence-electron chi connectivity index (χ3n) is 4.02. The molecule has 0 bridgehead atoms. The van der Waals surface area contributed by atoms with Gasteiger partial charge < -0.3 is 5.11 Å². The number of phenolic OH excluding ortho intramolecular Hbond substituents is 1. The van der Waals surface area contributed by atoms with E-state index >= 15 is 0 Å². The molecular formula is C21H15NO. The lowest BCUT2D eigenvalue weighted by Gasteiger charge is -2.05. The van der Waals surface area contributed by atoms with Gasteiger partial charge in [0.15, 0.2) is 0 Å². The summed E-state index contributed by atoms with van der Waals surface area (Å²) < 4.78 is 0. The third kappa shape index (κ3) is 2.55. The Morgan fingerprint density at radius 3 is 2.26 bits per heavy atom. The molecule has 4 rings (SSSR count). The maximum atomic E-state index is 10.2. The van der Waals surface area contributed by atoms with Gasteiger partial charge in [-0.1, -0.05) is 60.7 Å². The number of phenols is 1. The van der Waals surface area contributed by atoms with Crippen molar-refractivity contribution < 1.29 is 5.11 Å². The molecule has 0 atom stereocenters. The fourth-order valence-electron chi connectivity index (χ4n) is 2.82. The Kier molecular flexibility index (Phi) is 3.28. The van der Waals surface area contributed by atoms with E-state index in [2.05, 4.69) is 23.2 Å². The van der Waals surface area contributed by atoms with Gasteiger partial charge in [0, 0.05) is 11.8 Å². The Bertz CT molecular complexity index is 1030. The first-order chi connectivity index (χ1) is 11.3. The van der Waals surface area contributed by atoms with Gasteiger partial charge in [-0.05, 0) is 39.7 Å². The summed E-state index contributed by atoms with van der Waals surface area (Å²) in [4.78, 5) is 4.55. The lowest BCUT2D eigenvalue weighted by atomic mass is 10.0. The number of aromatic hydroxyl groups is 1. The van der Waals surface area contributed by atoms with E-state index in [0.717, 1.165) is 27.4 Å². The van der Waals surface area contributed by atoms with Crippen molar-refractivity contribution >= 4 is 33.4 Å². The minimum absolute atomic E-state index is 0.244. The topological polar surface area (TPSA) is 32.6 Å². The van der Waals surface area contributed by atoms with Gasteiger partial charge >= 0.3 is 0 Å². The van der Waals surface area contributed by atoms with Gasteiger partial charge in [0.25, 0.3) is 0 Å². The molecule has 0 aliphatic rings. The van der Waals surface area contributed by atoms with Crippen LogP contribution < -0.4 is 0 Å². The highest BCUT2D eigenvalue weighted by Gasteiger charge is 2.04. The largest absolute Gasteiger partial charge is 0.507 e. The average molecular weight is 297 g/mol. The SMILES string of the molecule is Oc1ccc2ccccc2c1C=Nc1ccc2ccccc2c1. The summed E-state index contributed by atoms with van der Waals surface area (Å²) in [5, 5.41) is 14.6. The van der Waals surface area contributed by atoms with E-state index in [1.54, 1.807) is 12.3 Å². The molecule has 0 aliphatic carbocycles. The van der Waals surface area contributed by atoms with Crippen molar-refractivity contribution in [1.29, 1.82) is 0 Å². The monoisotopic (exact) mass is 297 g/mol. The van der Waals surface area contributed by atoms with Crippen LogP contribution in [0.4, 0.5) is 5.69 Å². The maximum absolute atomic E-state index is 10.2. The second-order valence-electron chi connectivity index (χ2n) is 5.51. The Morgan fingerprint density at radius 1 is 0.696 bits per heavy atom. The number of rotatable bonds is 2. The Labute approximate surface area is 134 Å². The quantitative estimate of drug-likeness (QED) is 0.490. The van der Waals surface area contributed by atoms with Crippen LogP contribution in [0, 0.1) is 0 Å². The molecule has 0 saturated carbocycles. The number of fused-ring (bicyclic) bond motifs is 2. The minimum atomic E-state index is 0.244. The first-order valence-corrected chi connectivity index (χ1v) is 7.55. The molecule has 110 valence electrons. The molecule has 2 heteroatoms. The highest BCUT2D eigenvalue weighted by atomic mass is 16.3. The van der Waals surface area contributed by atoms with Crippen LogP contribution in [0.3, 0.4) is 0 Å². The Balaban J connectivity index is 1.79. The molecule has 0 heterocycles. The summed E-state index contributed by atoms with van der Waals surface area (Å²) in [6.45, 7) is 0. The third-order valence-corrected chi connectivity index (χ3v) is 4.02. The smallest absolute Gasteiger partial charge is 0.124 e. The standard InChI is InChI=1S/C21H15NO/c23-21-12-10-16-6-3-4-8-19(16)20(21)14-22-18-11-9-15-5-1-2-7-17(15)13-18/h1-14,23H. The number of benzene rings is 4. The number of hydrogen-bond donors (Lipinski definition) is 1. The first-order valence-electron chi connectivity index (χ1n) is 7.55. The van der Waals surface area contributed by atoms with E-state index < -0.39 is 0 Å². The zero-order valence-corrected chi connectivity index (χ0v) is 12.5. The molecule has 0 aromatic heterocycles. The Morgan fingerprint density at radius 2 is 1.39 bits per heavy atom. The summed E-state index contributed by atoms with van der Waals surface area (Å²) in [5.74, 6) is 0.244. The van der Waals surface area contributed by atoms with Crippen molar-refractivity contribution in [3.63, 3.8) is 0 Å². The summed E-state index contributed by atoms with van der Waals surface area (Å²) in [6.07, 6.45) is 1.74. The Hall–Kier alpha value is -3.13. The van der Waals surface area contributed by atoms with E-state index in [4.69, 9.17) is 0 Å². The predicted octanol–water partition coefficient (Wildman–Crippen LogP) is 5.45. The normalized spacial score (nSPS) is 11.5. The molecule has 0 unspecified atom stereocenters. The van der Waals surface area contributed by atoms with Gasteiger partial charge in [0.05, 0.1) is 5.69 Å². The van der Waals surface area contributed by atoms with Crippen molar-refractivity contribution in [2.24, 2.45) is 4.99 Å². The van der Waals surface area contributed by atoms with Crippen molar-refractivity contribution in [3.8, 4) is 5.75 Å². The van der Waals surface area contributed by atoms with E-state index in [9.17, 15) is 5.11 Å². The molecule has 2 nitrogen and oxygen atoms in total. The van der Waals surface area contributed by atoms with E-state index in [0.29, 0.717) is 0 Å². The number of aliphatic imine (C=N–C) groups is 1. The average Bonchev–Trinajstić information content (AvgIpc) is 2.61. The molecule has 23 heavy (non-hydrogen) atoms. The molecule has 0 spiro atoms. The van der Waals surface area contributed by atoms with Gasteiger partial charge in [-0.2, -0.15) is 0 Å². The summed E-state index contributed by atoms with van der Waals surface area (Å²) >= 11 is 0. The van der Waals surface area contributed by atoms with Crippen molar-refractivity contribution in [2.45, 2.75) is 0 Å². The zero-order valence-electron chi connectivity index (χ0n) is 12.5. The zero-order chi connectivity index (χ0) is 15.6. The fourth-order valence-corrected chi connectivity index (χ4v) is 2.82. The van der Waals surface area contributed by atoms with Crippen LogP contribution >= 0.6 is 0 Å². The van der Waals surface area contributed by atoms with Crippen LogP contribution in [0.1, 0.15) is 5.56 Å². The second kappa shape index (κ2) is 5.58. The number of nitrogens with zero attached hydrogens (tertiary/aromatic N) is 1. The highest BCUT2D eigenvalue weighted by Crippen LogP contribution is 2.27. The van der Waals surface area contributed by atoms with E-state index in [-0.39, 0.29) is 5.75 Å². The lowest BCUT2D eigenvalue weighted by Crippen LogP contribution is -1.85. The van der Waals surface area contributed by atoms with Gasteiger partial charge in [-0.25, -0.2) is 0 Å². The van der Waals surface area contributed by atoms with Crippen molar-refractivity contribution in [1.82, 2.24) is 0 Å². The van der Waals surface area contributed by atoms with Crippen LogP contribution in [0.5, 0.6) is 5.75 Å². The van der Waals surface area contributed by atoms with E-state index in [1.165, 1.54) is 5.39 Å². The second-order valence-corrected chi connectivity index (χ2v) is 5.51. The van der Waals surface area contributed by atoms with Gasteiger partial charge in [0.2, 0.25) is 0 Å². The van der Waals surface area contributed by atoms with E-state index in [1.807, 2.05) is 54.6 Å². The molecule has 4 aromatic carbocycles. The summed E-state index contributed by atoms with van der Waals surface area (Å²) in [5.41, 5.74) is 1.62. The van der Waals surface area contributed by atoms with Crippen LogP contribution in [-0.4, -0.2) is 11.3 Å². The van der Waals surface area contributed by atoms with Crippen LogP contribution in [-0.2, 0) is 0 Å². The highest BCUT2D eigenvalue weighted by molar-refractivity contribution is 6.03. The predicted molar refractivity (Wildman–Crippen MR) is 96.8 cm³/mol. The molecule has 0 aliphatic heterocycles. The van der Waals surface area contributed by atoms with Crippen LogP contribution in [0.2, 0.25) is 0 Å². The number of hydrogen-bond acceptors (Lipinski definition) is 2. The lowest BCUT2D eigenvalue weighted by molar-refractivity contribution is 0.475. The minimum Gasteiger partial charge on any atom is -0.507 e. The molecule has 4 aromatic rings. The maximum Gasteiger partial charge on any atom is 0.124 e. The van der Waals surface area contributed by atoms with Gasteiger partial charge in [-0.3, -0.25) is 4.99 Å². The molecule has 0 saturated heterocycles. The fraction of sp³-hybridized carbons (Fsp3) is 0. The molecule has 0 radical (unpaired) electrons. The first kappa shape index (κ1) is 13.5. The van der Waals surface area contributed by atoms with Crippen LogP contribution in [0.25, 0.3) is 21.5 Å². The van der Waals surface area contributed by atoms with Gasteiger partial charge in [-0.15, -0.1) is 0 Å².